The largest absolute Gasteiger partial charge is 0.496 e. The molecule has 0 aromatic heterocycles. The van der Waals surface area contributed by atoms with Crippen LogP contribution in [0.1, 0.15) is 10.4 Å². The van der Waals surface area contributed by atoms with E-state index in [-0.39, 0.29) is 11.5 Å². The molecule has 1 atom stereocenters. The number of para-hydroxylation sites is 1. The number of hydrogen-bond acceptors (Lipinski definition) is 3. The molecule has 0 spiro atoms. The van der Waals surface area contributed by atoms with Gasteiger partial charge in [-0.15, -0.1) is 0 Å². The molecule has 2 aromatic carbocycles. The van der Waals surface area contributed by atoms with Crippen LogP contribution in [-0.2, 0) is 10.8 Å². The first-order valence-electron chi connectivity index (χ1n) is 5.92. The second-order valence-corrected chi connectivity index (χ2v) is 6.44. The van der Waals surface area contributed by atoms with Crippen molar-refractivity contribution >= 4 is 32.5 Å². The molecule has 0 amide bonds. The van der Waals surface area contributed by atoms with Crippen LogP contribution in [0.5, 0.6) is 5.75 Å². The average Bonchev–Trinajstić information content (AvgIpc) is 2.47. The fraction of sp³-hybridized carbons (Fsp3) is 0.133. The molecule has 20 heavy (non-hydrogen) atoms. The van der Waals surface area contributed by atoms with E-state index in [0.29, 0.717) is 16.2 Å². The summed E-state index contributed by atoms with van der Waals surface area (Å²) in [5.74, 6) is 0.251. The first-order chi connectivity index (χ1) is 9.61. The van der Waals surface area contributed by atoms with Crippen molar-refractivity contribution in [1.29, 1.82) is 0 Å². The molecule has 0 N–H and O–H groups in total. The van der Waals surface area contributed by atoms with E-state index in [1.807, 2.05) is 6.07 Å². The monoisotopic (exact) mass is 352 g/mol. The second-order valence-electron chi connectivity index (χ2n) is 4.07. The van der Waals surface area contributed by atoms with Gasteiger partial charge >= 0.3 is 0 Å². The van der Waals surface area contributed by atoms with E-state index in [2.05, 4.69) is 15.9 Å². The number of ketones is 1. The highest BCUT2D eigenvalue weighted by atomic mass is 79.9. The second kappa shape index (κ2) is 6.81. The fourth-order valence-electron chi connectivity index (χ4n) is 1.76. The number of halogens is 1. The zero-order valence-electron chi connectivity index (χ0n) is 10.8. The van der Waals surface area contributed by atoms with E-state index in [0.717, 1.165) is 4.47 Å². The summed E-state index contributed by atoms with van der Waals surface area (Å²) in [7, 11) is 0.142. The Labute approximate surface area is 128 Å². The average molecular weight is 353 g/mol. The van der Waals surface area contributed by atoms with Gasteiger partial charge in [0.05, 0.1) is 29.2 Å². The number of carbonyl (C=O) groups excluding carboxylic acids is 1. The molecule has 1 unspecified atom stereocenters. The maximum atomic E-state index is 12.2. The maximum absolute atomic E-state index is 12.2. The molecule has 2 aromatic rings. The molecular formula is C15H13BrO3S. The van der Waals surface area contributed by atoms with E-state index in [1.165, 1.54) is 7.11 Å². The van der Waals surface area contributed by atoms with Crippen LogP contribution in [0.3, 0.4) is 0 Å². The van der Waals surface area contributed by atoms with Gasteiger partial charge in [0.15, 0.2) is 5.78 Å². The van der Waals surface area contributed by atoms with Crippen molar-refractivity contribution in [1.82, 2.24) is 0 Å². The smallest absolute Gasteiger partial charge is 0.179 e. The highest BCUT2D eigenvalue weighted by Gasteiger charge is 2.16. The van der Waals surface area contributed by atoms with E-state index in [4.69, 9.17) is 4.74 Å². The summed E-state index contributed by atoms with van der Waals surface area (Å²) in [5.41, 5.74) is 0.457. The number of rotatable bonds is 5. The minimum absolute atomic E-state index is 0.0587. The van der Waals surface area contributed by atoms with Crippen LogP contribution in [0.15, 0.2) is 57.9 Å². The van der Waals surface area contributed by atoms with Crippen molar-refractivity contribution in [2.45, 2.75) is 4.90 Å². The zero-order chi connectivity index (χ0) is 14.5. The third-order valence-corrected chi connectivity index (χ3v) is 4.53. The highest BCUT2D eigenvalue weighted by molar-refractivity contribution is 9.10. The molecule has 0 fully saturated rings. The SMILES string of the molecule is COc1ccccc1C(=O)CS(=O)c1cccc(Br)c1. The molecule has 2 rings (SSSR count). The molecule has 0 saturated carbocycles. The first-order valence-corrected chi connectivity index (χ1v) is 8.03. The summed E-state index contributed by atoms with van der Waals surface area (Å²) in [4.78, 5) is 12.8. The number of benzene rings is 2. The molecule has 0 aliphatic carbocycles. The zero-order valence-corrected chi connectivity index (χ0v) is 13.2. The van der Waals surface area contributed by atoms with Gasteiger partial charge in [0, 0.05) is 9.37 Å². The third kappa shape index (κ3) is 3.55. The lowest BCUT2D eigenvalue weighted by Crippen LogP contribution is -2.12. The fourth-order valence-corrected chi connectivity index (χ4v) is 3.36. The Morgan fingerprint density at radius 1 is 1.20 bits per heavy atom. The quantitative estimate of drug-likeness (QED) is 0.774. The van der Waals surface area contributed by atoms with Crippen LogP contribution < -0.4 is 4.74 Å². The summed E-state index contributed by atoms with van der Waals surface area (Å²) in [6, 6.07) is 14.1. The van der Waals surface area contributed by atoms with Gasteiger partial charge in [-0.25, -0.2) is 0 Å². The number of carbonyl (C=O) groups is 1. The number of ether oxygens (including phenoxy) is 1. The Kier molecular flexibility index (Phi) is 5.09. The molecular weight excluding hydrogens is 340 g/mol. The number of Topliss-reactive ketones (excluding diaryl/α,β-unsaturated/α-hetero) is 1. The van der Waals surface area contributed by atoms with Gasteiger partial charge < -0.3 is 4.74 Å². The minimum atomic E-state index is -1.37. The van der Waals surface area contributed by atoms with E-state index in [9.17, 15) is 9.00 Å². The van der Waals surface area contributed by atoms with Crippen LogP contribution in [0.25, 0.3) is 0 Å². The summed E-state index contributed by atoms with van der Waals surface area (Å²) in [5, 5.41) is 0. The summed E-state index contributed by atoms with van der Waals surface area (Å²) in [6.07, 6.45) is 0. The van der Waals surface area contributed by atoms with E-state index < -0.39 is 10.8 Å². The molecule has 0 saturated heterocycles. The Morgan fingerprint density at radius 2 is 1.95 bits per heavy atom. The molecule has 0 bridgehead atoms. The predicted molar refractivity (Wildman–Crippen MR) is 82.7 cm³/mol. The number of hydrogen-bond donors (Lipinski definition) is 0. The van der Waals surface area contributed by atoms with Crippen molar-refractivity contribution in [3.63, 3.8) is 0 Å². The van der Waals surface area contributed by atoms with Crippen molar-refractivity contribution in [2.75, 3.05) is 12.9 Å². The van der Waals surface area contributed by atoms with Gasteiger partial charge in [-0.2, -0.15) is 0 Å². The molecule has 0 heterocycles. The number of methoxy groups -OCH3 is 1. The van der Waals surface area contributed by atoms with E-state index >= 15 is 0 Å². The topological polar surface area (TPSA) is 43.4 Å². The lowest BCUT2D eigenvalue weighted by atomic mass is 10.1. The highest BCUT2D eigenvalue weighted by Crippen LogP contribution is 2.20. The summed E-state index contributed by atoms with van der Waals surface area (Å²) < 4.78 is 18.2. The minimum Gasteiger partial charge on any atom is -0.496 e. The van der Waals surface area contributed by atoms with Crippen LogP contribution in [0.2, 0.25) is 0 Å². The first kappa shape index (κ1) is 14.9. The maximum Gasteiger partial charge on any atom is 0.179 e. The van der Waals surface area contributed by atoms with Crippen LogP contribution in [0.4, 0.5) is 0 Å². The van der Waals surface area contributed by atoms with Crippen molar-refractivity contribution < 1.29 is 13.7 Å². The summed E-state index contributed by atoms with van der Waals surface area (Å²) >= 11 is 3.33. The third-order valence-electron chi connectivity index (χ3n) is 2.73. The predicted octanol–water partition coefficient (Wildman–Crippen LogP) is 3.45. The van der Waals surface area contributed by atoms with E-state index in [1.54, 1.807) is 42.5 Å². The molecule has 0 aliphatic rings. The van der Waals surface area contributed by atoms with Gasteiger partial charge in [0.1, 0.15) is 5.75 Å². The van der Waals surface area contributed by atoms with Crippen molar-refractivity contribution in [3.05, 3.63) is 58.6 Å². The van der Waals surface area contributed by atoms with Crippen LogP contribution in [-0.4, -0.2) is 22.9 Å². The van der Waals surface area contributed by atoms with Gasteiger partial charge in [-0.05, 0) is 30.3 Å². The van der Waals surface area contributed by atoms with Gasteiger partial charge in [-0.1, -0.05) is 34.1 Å². The Balaban J connectivity index is 2.17. The molecule has 5 heteroatoms. The lowest BCUT2D eigenvalue weighted by Gasteiger charge is -2.07. The van der Waals surface area contributed by atoms with Gasteiger partial charge in [-0.3, -0.25) is 9.00 Å². The van der Waals surface area contributed by atoms with Crippen LogP contribution >= 0.6 is 15.9 Å². The molecule has 0 radical (unpaired) electrons. The van der Waals surface area contributed by atoms with Crippen molar-refractivity contribution in [3.8, 4) is 5.75 Å². The Morgan fingerprint density at radius 3 is 2.65 bits per heavy atom. The molecule has 0 aliphatic heterocycles. The standard InChI is InChI=1S/C15H13BrO3S/c1-19-15-8-3-2-7-13(15)14(17)10-20(18)12-6-4-5-11(16)9-12/h2-9H,10H2,1H3. The normalized spacial score (nSPS) is 11.9. The van der Waals surface area contributed by atoms with Gasteiger partial charge in [0.25, 0.3) is 0 Å². The lowest BCUT2D eigenvalue weighted by molar-refractivity contribution is 0.101. The Bertz CT molecular complexity index is 655. The molecule has 3 nitrogen and oxygen atoms in total. The van der Waals surface area contributed by atoms with Gasteiger partial charge in [0.2, 0.25) is 0 Å². The van der Waals surface area contributed by atoms with Crippen LogP contribution in [0, 0.1) is 0 Å². The summed E-state index contributed by atoms with van der Waals surface area (Å²) in [6.45, 7) is 0. The molecule has 104 valence electrons. The Hall–Kier alpha value is -1.46. The van der Waals surface area contributed by atoms with Crippen molar-refractivity contribution in [2.24, 2.45) is 0 Å².